The van der Waals surface area contributed by atoms with Gasteiger partial charge in [-0.15, -0.1) is 0 Å². The maximum atomic E-state index is 10.6. The first-order chi connectivity index (χ1) is 11.8. The predicted octanol–water partition coefficient (Wildman–Crippen LogP) is 2.37. The van der Waals surface area contributed by atoms with E-state index in [1.807, 2.05) is 0 Å². The summed E-state index contributed by atoms with van der Waals surface area (Å²) in [6.07, 6.45) is -0.937. The maximum Gasteiger partial charge on any atom is 0.269 e. The fraction of sp³-hybridized carbons (Fsp3) is 0.188. The first-order valence-corrected chi connectivity index (χ1v) is 7.65. The van der Waals surface area contributed by atoms with Gasteiger partial charge in [-0.05, 0) is 42.0 Å². The number of nitro groups is 1. The molecule has 132 valence electrons. The van der Waals surface area contributed by atoms with E-state index in [4.69, 9.17) is 12.2 Å². The minimum Gasteiger partial charge on any atom is -0.504 e. The molecule has 0 saturated carbocycles. The summed E-state index contributed by atoms with van der Waals surface area (Å²) in [7, 11) is 1.67. The number of aromatic hydroxyl groups is 2. The van der Waals surface area contributed by atoms with Gasteiger partial charge in [0.05, 0.1) is 11.0 Å². The lowest BCUT2D eigenvalue weighted by molar-refractivity contribution is -0.384. The Kier molecular flexibility index (Phi) is 5.73. The molecule has 25 heavy (non-hydrogen) atoms. The summed E-state index contributed by atoms with van der Waals surface area (Å²) in [5.74, 6) is -0.578. The molecule has 0 saturated heterocycles. The molecule has 0 heterocycles. The average molecular weight is 363 g/mol. The lowest BCUT2D eigenvalue weighted by Gasteiger charge is -2.24. The molecule has 0 bridgehead atoms. The third-order valence-corrected chi connectivity index (χ3v) is 3.92. The Hall–Kier alpha value is -2.91. The molecule has 0 aliphatic rings. The number of nitrogens with zero attached hydrogens (tertiary/aromatic N) is 2. The molecule has 1 atom stereocenters. The van der Waals surface area contributed by atoms with Crippen molar-refractivity contribution in [2.75, 3.05) is 18.9 Å². The van der Waals surface area contributed by atoms with Gasteiger partial charge in [-0.1, -0.05) is 6.07 Å². The zero-order valence-electron chi connectivity index (χ0n) is 13.3. The van der Waals surface area contributed by atoms with Crippen LogP contribution < -0.4 is 5.32 Å². The van der Waals surface area contributed by atoms with Crippen molar-refractivity contribution in [2.45, 2.75) is 6.10 Å². The Morgan fingerprint density at radius 3 is 2.44 bits per heavy atom. The highest BCUT2D eigenvalue weighted by molar-refractivity contribution is 7.80. The number of nitro benzene ring substituents is 1. The van der Waals surface area contributed by atoms with Gasteiger partial charge in [-0.25, -0.2) is 0 Å². The van der Waals surface area contributed by atoms with Gasteiger partial charge in [0.2, 0.25) is 0 Å². The van der Waals surface area contributed by atoms with Gasteiger partial charge < -0.3 is 25.5 Å². The van der Waals surface area contributed by atoms with Crippen LogP contribution in [0.4, 0.5) is 11.4 Å². The topological polar surface area (TPSA) is 119 Å². The minimum atomic E-state index is -0.937. The number of rotatable bonds is 5. The number of hydrogen-bond donors (Lipinski definition) is 4. The number of non-ortho nitro benzene ring substituents is 1. The van der Waals surface area contributed by atoms with Gasteiger partial charge in [0.15, 0.2) is 16.6 Å². The molecule has 9 heteroatoms. The number of anilines is 1. The predicted molar refractivity (Wildman–Crippen MR) is 96.7 cm³/mol. The number of benzene rings is 2. The molecule has 0 spiro atoms. The Morgan fingerprint density at radius 1 is 1.24 bits per heavy atom. The molecule has 0 aromatic heterocycles. The molecule has 0 amide bonds. The van der Waals surface area contributed by atoms with E-state index in [0.29, 0.717) is 16.4 Å². The zero-order valence-corrected chi connectivity index (χ0v) is 14.1. The Bertz CT molecular complexity index is 782. The van der Waals surface area contributed by atoms with E-state index < -0.39 is 11.0 Å². The monoisotopic (exact) mass is 363 g/mol. The Balaban J connectivity index is 1.97. The lowest BCUT2D eigenvalue weighted by atomic mass is 10.1. The molecule has 0 aliphatic carbocycles. The SMILES string of the molecule is CN(CC(O)c1ccc(O)c(O)c1)C(=S)Nc1ccc([N+](=O)[O-])cc1. The quantitative estimate of drug-likeness (QED) is 0.277. The molecule has 2 aromatic rings. The van der Waals surface area contributed by atoms with E-state index in [0.717, 1.165) is 0 Å². The molecule has 0 fully saturated rings. The van der Waals surface area contributed by atoms with Gasteiger partial charge >= 0.3 is 0 Å². The first kappa shape index (κ1) is 18.4. The van der Waals surface area contributed by atoms with E-state index >= 15 is 0 Å². The molecule has 1 unspecified atom stereocenters. The Morgan fingerprint density at radius 2 is 1.88 bits per heavy atom. The summed E-state index contributed by atoms with van der Waals surface area (Å²) < 4.78 is 0. The van der Waals surface area contributed by atoms with Crippen molar-refractivity contribution in [1.82, 2.24) is 4.90 Å². The van der Waals surface area contributed by atoms with Gasteiger partial charge in [0.25, 0.3) is 5.69 Å². The van der Waals surface area contributed by atoms with Crippen molar-refractivity contribution in [1.29, 1.82) is 0 Å². The summed E-state index contributed by atoms with van der Waals surface area (Å²) in [5, 5.41) is 42.9. The molecule has 8 nitrogen and oxygen atoms in total. The number of phenols is 2. The molecule has 0 radical (unpaired) electrons. The van der Waals surface area contributed by atoms with E-state index in [1.54, 1.807) is 11.9 Å². The molecule has 4 N–H and O–H groups in total. The molecular weight excluding hydrogens is 346 g/mol. The van der Waals surface area contributed by atoms with Crippen LogP contribution in [-0.4, -0.2) is 43.8 Å². The second-order valence-electron chi connectivity index (χ2n) is 5.38. The van der Waals surface area contributed by atoms with Crippen molar-refractivity contribution >= 4 is 28.7 Å². The average Bonchev–Trinajstić information content (AvgIpc) is 2.57. The number of nitrogens with one attached hydrogen (secondary N) is 1. The van der Waals surface area contributed by atoms with Gasteiger partial charge in [0, 0.05) is 31.4 Å². The smallest absolute Gasteiger partial charge is 0.269 e. The molecular formula is C16H17N3O5S. The van der Waals surface area contributed by atoms with Crippen molar-refractivity contribution in [3.05, 3.63) is 58.1 Å². The van der Waals surface area contributed by atoms with E-state index in [2.05, 4.69) is 5.32 Å². The highest BCUT2D eigenvalue weighted by Crippen LogP contribution is 2.28. The van der Waals surface area contributed by atoms with Crippen molar-refractivity contribution in [2.24, 2.45) is 0 Å². The molecule has 2 rings (SSSR count). The summed E-state index contributed by atoms with van der Waals surface area (Å²) in [4.78, 5) is 11.7. The summed E-state index contributed by atoms with van der Waals surface area (Å²) in [6, 6.07) is 9.86. The van der Waals surface area contributed by atoms with Crippen LogP contribution in [-0.2, 0) is 0 Å². The van der Waals surface area contributed by atoms with Crippen LogP contribution in [0.5, 0.6) is 11.5 Å². The van der Waals surface area contributed by atoms with Gasteiger partial charge in [0.1, 0.15) is 0 Å². The minimum absolute atomic E-state index is 0.0209. The third-order valence-electron chi connectivity index (χ3n) is 3.51. The molecule has 2 aromatic carbocycles. The highest BCUT2D eigenvalue weighted by atomic mass is 32.1. The van der Waals surface area contributed by atoms with Crippen LogP contribution in [0.3, 0.4) is 0 Å². The van der Waals surface area contributed by atoms with Crippen LogP contribution in [0.25, 0.3) is 0 Å². The fourth-order valence-electron chi connectivity index (χ4n) is 2.08. The highest BCUT2D eigenvalue weighted by Gasteiger charge is 2.15. The second kappa shape index (κ2) is 7.77. The first-order valence-electron chi connectivity index (χ1n) is 7.24. The van der Waals surface area contributed by atoms with Crippen LogP contribution >= 0.6 is 12.2 Å². The van der Waals surface area contributed by atoms with Crippen LogP contribution in [0.1, 0.15) is 11.7 Å². The number of phenolic OH excluding ortho intramolecular Hbond substituents is 2. The zero-order chi connectivity index (χ0) is 18.6. The van der Waals surface area contributed by atoms with Crippen molar-refractivity contribution in [3.63, 3.8) is 0 Å². The van der Waals surface area contributed by atoms with Gasteiger partial charge in [-0.2, -0.15) is 0 Å². The van der Waals surface area contributed by atoms with E-state index in [1.165, 1.54) is 42.5 Å². The fourth-order valence-corrected chi connectivity index (χ4v) is 2.27. The number of thiocarbonyl (C=S) groups is 1. The van der Waals surface area contributed by atoms with Crippen LogP contribution in [0.15, 0.2) is 42.5 Å². The number of aliphatic hydroxyl groups excluding tert-OH is 1. The van der Waals surface area contributed by atoms with Crippen LogP contribution in [0, 0.1) is 10.1 Å². The number of aliphatic hydroxyl groups is 1. The Labute approximate surface area is 149 Å². The van der Waals surface area contributed by atoms with Crippen molar-refractivity contribution < 1.29 is 20.2 Å². The van der Waals surface area contributed by atoms with E-state index in [9.17, 15) is 25.4 Å². The van der Waals surface area contributed by atoms with Crippen LogP contribution in [0.2, 0.25) is 0 Å². The lowest BCUT2D eigenvalue weighted by Crippen LogP contribution is -2.34. The van der Waals surface area contributed by atoms with Crippen molar-refractivity contribution in [3.8, 4) is 11.5 Å². The number of likely N-dealkylation sites (N-methyl/N-ethyl adjacent to an activating group) is 1. The van der Waals surface area contributed by atoms with E-state index in [-0.39, 0.29) is 23.7 Å². The normalized spacial score (nSPS) is 11.6. The van der Waals surface area contributed by atoms with Gasteiger partial charge in [-0.3, -0.25) is 10.1 Å². The number of hydrogen-bond acceptors (Lipinski definition) is 6. The largest absolute Gasteiger partial charge is 0.504 e. The summed E-state index contributed by atoms with van der Waals surface area (Å²) in [6.45, 7) is 0.142. The second-order valence-corrected chi connectivity index (χ2v) is 5.77. The summed E-state index contributed by atoms with van der Waals surface area (Å²) in [5.41, 5.74) is 0.992. The maximum absolute atomic E-state index is 10.6. The standard InChI is InChI=1S/C16H17N3O5S/c1-18(9-15(22)10-2-7-13(20)14(21)8-10)16(25)17-11-3-5-12(6-4-11)19(23)24/h2-8,15,20-22H,9H2,1H3,(H,17,25). The summed E-state index contributed by atoms with van der Waals surface area (Å²) >= 11 is 5.24. The molecule has 0 aliphatic heterocycles. The third kappa shape index (κ3) is 4.78.